The van der Waals surface area contributed by atoms with Crippen molar-refractivity contribution in [2.24, 2.45) is 0 Å². The molecule has 7 nitrogen and oxygen atoms in total. The SMILES string of the molecule is O=C(/C=C/c1ccc([N+](=O)[O-])cc1)c1ccc(OCCOCCOCCF)cc1. The minimum Gasteiger partial charge on any atom is -0.491 e. The summed E-state index contributed by atoms with van der Waals surface area (Å²) >= 11 is 0. The van der Waals surface area contributed by atoms with Crippen molar-refractivity contribution in [1.82, 2.24) is 0 Å². The zero-order chi connectivity index (χ0) is 20.9. The Morgan fingerprint density at radius 1 is 0.931 bits per heavy atom. The van der Waals surface area contributed by atoms with Gasteiger partial charge in [0, 0.05) is 17.7 Å². The number of ketones is 1. The number of alkyl halides is 1. The maximum absolute atomic E-state index is 12.2. The van der Waals surface area contributed by atoms with Gasteiger partial charge in [-0.3, -0.25) is 14.9 Å². The predicted octanol–water partition coefficient (Wildman–Crippen LogP) is 3.87. The fourth-order valence-corrected chi connectivity index (χ4v) is 2.29. The number of allylic oxidation sites excluding steroid dienone is 1. The van der Waals surface area contributed by atoms with Crippen LogP contribution in [0.3, 0.4) is 0 Å². The third kappa shape index (κ3) is 8.20. The number of hydrogen-bond acceptors (Lipinski definition) is 6. The lowest BCUT2D eigenvalue weighted by atomic mass is 10.1. The lowest BCUT2D eigenvalue weighted by Gasteiger charge is -2.07. The average molecular weight is 403 g/mol. The molecule has 0 fully saturated rings. The monoisotopic (exact) mass is 403 g/mol. The van der Waals surface area contributed by atoms with Crippen LogP contribution in [0.2, 0.25) is 0 Å². The molecule has 2 aromatic carbocycles. The second kappa shape index (κ2) is 12.4. The quantitative estimate of drug-likeness (QED) is 0.166. The number of carbonyl (C=O) groups excluding carboxylic acids is 1. The minimum atomic E-state index is -0.506. The van der Waals surface area contributed by atoms with Crippen molar-refractivity contribution in [3.05, 3.63) is 75.8 Å². The Kier molecular flexibility index (Phi) is 9.47. The summed E-state index contributed by atoms with van der Waals surface area (Å²) in [6, 6.07) is 12.6. The second-order valence-electron chi connectivity index (χ2n) is 5.83. The van der Waals surface area contributed by atoms with Gasteiger partial charge in [0.15, 0.2) is 5.78 Å². The number of non-ortho nitro benzene ring substituents is 1. The normalized spacial score (nSPS) is 10.9. The molecule has 8 heteroatoms. The lowest BCUT2D eigenvalue weighted by molar-refractivity contribution is -0.384. The molecule has 0 amide bonds. The van der Waals surface area contributed by atoms with Crippen LogP contribution in [0.5, 0.6) is 5.75 Å². The molecule has 154 valence electrons. The van der Waals surface area contributed by atoms with Gasteiger partial charge in [0.2, 0.25) is 0 Å². The van der Waals surface area contributed by atoms with Crippen LogP contribution in [-0.2, 0) is 9.47 Å². The molecular formula is C21H22FNO6. The number of hydrogen-bond donors (Lipinski definition) is 0. The van der Waals surface area contributed by atoms with Gasteiger partial charge in [-0.1, -0.05) is 6.08 Å². The molecule has 0 heterocycles. The van der Waals surface area contributed by atoms with E-state index >= 15 is 0 Å². The van der Waals surface area contributed by atoms with E-state index in [2.05, 4.69) is 0 Å². The topological polar surface area (TPSA) is 87.9 Å². The third-order valence-electron chi connectivity index (χ3n) is 3.76. The van der Waals surface area contributed by atoms with Crippen LogP contribution in [0.4, 0.5) is 10.1 Å². The molecule has 0 saturated heterocycles. The van der Waals surface area contributed by atoms with Gasteiger partial charge >= 0.3 is 0 Å². The second-order valence-corrected chi connectivity index (χ2v) is 5.83. The molecule has 0 aliphatic rings. The highest BCUT2D eigenvalue weighted by molar-refractivity contribution is 6.06. The van der Waals surface area contributed by atoms with Gasteiger partial charge in [-0.25, -0.2) is 4.39 Å². The van der Waals surface area contributed by atoms with Crippen LogP contribution in [0.1, 0.15) is 15.9 Å². The maximum Gasteiger partial charge on any atom is 0.269 e. The fraction of sp³-hybridized carbons (Fsp3) is 0.286. The Labute approximate surface area is 167 Å². The zero-order valence-electron chi connectivity index (χ0n) is 15.8. The smallest absolute Gasteiger partial charge is 0.269 e. The molecule has 2 rings (SSSR count). The van der Waals surface area contributed by atoms with Gasteiger partial charge in [0.1, 0.15) is 19.0 Å². The van der Waals surface area contributed by atoms with E-state index < -0.39 is 11.6 Å². The van der Waals surface area contributed by atoms with Crippen LogP contribution in [-0.4, -0.2) is 50.4 Å². The summed E-state index contributed by atoms with van der Waals surface area (Å²) in [4.78, 5) is 22.4. The summed E-state index contributed by atoms with van der Waals surface area (Å²) in [6.45, 7) is 1.00. The average Bonchev–Trinajstić information content (AvgIpc) is 2.74. The summed E-state index contributed by atoms with van der Waals surface area (Å²) in [5.74, 6) is 0.421. The van der Waals surface area contributed by atoms with E-state index in [9.17, 15) is 19.3 Å². The molecule has 0 aliphatic heterocycles. The summed E-state index contributed by atoms with van der Waals surface area (Å²) in [5.41, 5.74) is 1.19. The molecule has 0 spiro atoms. The molecule has 0 aromatic heterocycles. The summed E-state index contributed by atoms with van der Waals surface area (Å²) < 4.78 is 27.6. The predicted molar refractivity (Wildman–Crippen MR) is 106 cm³/mol. The number of nitro benzene ring substituents is 1. The molecule has 0 saturated carbocycles. The Hall–Kier alpha value is -3.10. The van der Waals surface area contributed by atoms with E-state index in [-0.39, 0.29) is 18.1 Å². The van der Waals surface area contributed by atoms with Gasteiger partial charge in [0.05, 0.1) is 31.4 Å². The van der Waals surface area contributed by atoms with E-state index in [0.29, 0.717) is 43.3 Å². The first-order chi connectivity index (χ1) is 14.1. The third-order valence-corrected chi connectivity index (χ3v) is 3.76. The highest BCUT2D eigenvalue weighted by Gasteiger charge is 2.04. The molecule has 0 N–H and O–H groups in total. The first-order valence-corrected chi connectivity index (χ1v) is 9.01. The first-order valence-electron chi connectivity index (χ1n) is 9.01. The fourth-order valence-electron chi connectivity index (χ4n) is 2.29. The van der Waals surface area contributed by atoms with Crippen LogP contribution >= 0.6 is 0 Å². The maximum atomic E-state index is 12.2. The van der Waals surface area contributed by atoms with Gasteiger partial charge in [0.25, 0.3) is 5.69 Å². The van der Waals surface area contributed by atoms with Gasteiger partial charge in [-0.15, -0.1) is 0 Å². The van der Waals surface area contributed by atoms with Crippen molar-refractivity contribution >= 4 is 17.5 Å². The largest absolute Gasteiger partial charge is 0.491 e. The molecule has 29 heavy (non-hydrogen) atoms. The standard InChI is InChI=1S/C21H22FNO6/c22-11-12-27-13-14-28-15-16-29-20-8-4-18(5-9-20)21(24)10-3-17-1-6-19(7-2-17)23(25)26/h1-10H,11-16H2/b10-3+. The Morgan fingerprint density at radius 2 is 1.55 bits per heavy atom. The van der Waals surface area contributed by atoms with E-state index in [4.69, 9.17) is 14.2 Å². The molecule has 0 aliphatic carbocycles. The highest BCUT2D eigenvalue weighted by atomic mass is 19.1. The molecule has 0 bridgehead atoms. The van der Waals surface area contributed by atoms with Crippen molar-refractivity contribution in [3.63, 3.8) is 0 Å². The van der Waals surface area contributed by atoms with Gasteiger partial charge in [-0.05, 0) is 48.0 Å². The first kappa shape index (κ1) is 22.2. The Bertz CT molecular complexity index is 805. The van der Waals surface area contributed by atoms with Crippen molar-refractivity contribution in [1.29, 1.82) is 0 Å². The minimum absolute atomic E-state index is 0.000372. The Balaban J connectivity index is 1.74. The summed E-state index contributed by atoms with van der Waals surface area (Å²) in [6.07, 6.45) is 3.01. The number of ether oxygens (including phenoxy) is 3. The molecule has 0 radical (unpaired) electrons. The van der Waals surface area contributed by atoms with Gasteiger partial charge in [-0.2, -0.15) is 0 Å². The van der Waals surface area contributed by atoms with Crippen molar-refractivity contribution < 1.29 is 28.3 Å². The van der Waals surface area contributed by atoms with Crippen molar-refractivity contribution in [3.8, 4) is 5.75 Å². The van der Waals surface area contributed by atoms with Crippen LogP contribution in [0, 0.1) is 10.1 Å². The van der Waals surface area contributed by atoms with E-state index in [1.54, 1.807) is 42.5 Å². The lowest BCUT2D eigenvalue weighted by Crippen LogP contribution is -2.11. The number of nitro groups is 1. The number of benzene rings is 2. The number of nitrogens with zero attached hydrogens (tertiary/aromatic N) is 1. The number of carbonyl (C=O) groups is 1. The van der Waals surface area contributed by atoms with Crippen LogP contribution in [0.15, 0.2) is 54.6 Å². The number of rotatable bonds is 13. The van der Waals surface area contributed by atoms with Gasteiger partial charge < -0.3 is 14.2 Å². The van der Waals surface area contributed by atoms with E-state index in [1.807, 2.05) is 0 Å². The van der Waals surface area contributed by atoms with Crippen LogP contribution < -0.4 is 4.74 Å². The summed E-state index contributed by atoms with van der Waals surface area (Å²) in [5, 5.41) is 10.6. The van der Waals surface area contributed by atoms with E-state index in [1.165, 1.54) is 18.2 Å². The molecule has 0 atom stereocenters. The zero-order valence-corrected chi connectivity index (χ0v) is 15.8. The van der Waals surface area contributed by atoms with E-state index in [0.717, 1.165) is 0 Å². The van der Waals surface area contributed by atoms with Crippen molar-refractivity contribution in [2.45, 2.75) is 0 Å². The summed E-state index contributed by atoms with van der Waals surface area (Å²) in [7, 11) is 0. The highest BCUT2D eigenvalue weighted by Crippen LogP contribution is 2.15. The molecule has 0 unspecified atom stereocenters. The Morgan fingerprint density at radius 3 is 2.17 bits per heavy atom. The van der Waals surface area contributed by atoms with Crippen molar-refractivity contribution in [2.75, 3.05) is 39.7 Å². The van der Waals surface area contributed by atoms with Crippen LogP contribution in [0.25, 0.3) is 6.08 Å². The number of halogens is 1. The molecular weight excluding hydrogens is 381 g/mol. The molecule has 2 aromatic rings.